The number of benzene rings is 1. The van der Waals surface area contributed by atoms with Crippen molar-refractivity contribution in [1.29, 1.82) is 0 Å². The third-order valence-electron chi connectivity index (χ3n) is 3.58. The number of nitrogens with one attached hydrogen (secondary N) is 1. The molecule has 8 nitrogen and oxygen atoms in total. The van der Waals surface area contributed by atoms with Crippen molar-refractivity contribution in [2.75, 3.05) is 13.7 Å². The highest BCUT2D eigenvalue weighted by Crippen LogP contribution is 2.28. The van der Waals surface area contributed by atoms with Gasteiger partial charge in [0.05, 0.1) is 20.3 Å². The zero-order valence-corrected chi connectivity index (χ0v) is 15.8. The molecule has 0 unspecified atom stereocenters. The minimum absolute atomic E-state index is 0.0256. The van der Waals surface area contributed by atoms with Gasteiger partial charge >= 0.3 is 5.97 Å². The third kappa shape index (κ3) is 6.07. The first kappa shape index (κ1) is 20.4. The molecule has 27 heavy (non-hydrogen) atoms. The minimum atomic E-state index is -1.09. The first-order valence-corrected chi connectivity index (χ1v) is 9.05. The van der Waals surface area contributed by atoms with Gasteiger partial charge in [0.25, 0.3) is 0 Å². The van der Waals surface area contributed by atoms with E-state index in [4.69, 9.17) is 14.6 Å². The van der Waals surface area contributed by atoms with Crippen LogP contribution in [0.5, 0.6) is 11.5 Å². The van der Waals surface area contributed by atoms with Gasteiger partial charge in [-0.1, -0.05) is 0 Å². The van der Waals surface area contributed by atoms with Crippen LogP contribution in [0.3, 0.4) is 0 Å². The molecule has 0 aliphatic rings. The Hall–Kier alpha value is -2.94. The normalized spacial score (nSPS) is 10.3. The van der Waals surface area contributed by atoms with Crippen LogP contribution in [0, 0.1) is 0 Å². The molecule has 1 aromatic carbocycles. The van der Waals surface area contributed by atoms with Crippen molar-refractivity contribution < 1.29 is 29.0 Å². The van der Waals surface area contributed by atoms with Crippen LogP contribution in [0.1, 0.15) is 45.6 Å². The predicted molar refractivity (Wildman–Crippen MR) is 98.6 cm³/mol. The number of ketones is 1. The van der Waals surface area contributed by atoms with E-state index in [0.29, 0.717) is 35.1 Å². The van der Waals surface area contributed by atoms with Gasteiger partial charge in [-0.25, -0.2) is 9.78 Å². The molecule has 0 aliphatic heterocycles. The molecule has 1 amide bonds. The van der Waals surface area contributed by atoms with E-state index >= 15 is 0 Å². The van der Waals surface area contributed by atoms with Crippen LogP contribution in [0.15, 0.2) is 23.6 Å². The lowest BCUT2D eigenvalue weighted by Gasteiger charge is -2.11. The predicted octanol–water partition coefficient (Wildman–Crippen LogP) is 2.53. The molecule has 2 rings (SSSR count). The van der Waals surface area contributed by atoms with Crippen molar-refractivity contribution in [1.82, 2.24) is 10.3 Å². The Labute approximate surface area is 160 Å². The number of methoxy groups -OCH3 is 1. The van der Waals surface area contributed by atoms with Gasteiger partial charge < -0.3 is 19.9 Å². The Bertz CT molecular complexity index is 833. The number of aromatic nitrogens is 1. The summed E-state index contributed by atoms with van der Waals surface area (Å²) in [7, 11) is 1.49. The lowest BCUT2D eigenvalue weighted by molar-refractivity contribution is -0.121. The molecule has 0 bridgehead atoms. The molecular weight excluding hydrogens is 372 g/mol. The first-order valence-electron chi connectivity index (χ1n) is 8.17. The summed E-state index contributed by atoms with van der Waals surface area (Å²) in [5.41, 5.74) is 0.509. The number of carboxylic acid groups (broad SMARTS) is 1. The molecule has 0 saturated heterocycles. The summed E-state index contributed by atoms with van der Waals surface area (Å²) in [5.74, 6) is -0.360. The van der Waals surface area contributed by atoms with Crippen LogP contribution in [0.25, 0.3) is 0 Å². The second-order valence-corrected chi connectivity index (χ2v) is 6.52. The number of nitrogens with zero attached hydrogens (tertiary/aromatic N) is 1. The van der Waals surface area contributed by atoms with Gasteiger partial charge in [0.15, 0.2) is 23.0 Å². The minimum Gasteiger partial charge on any atom is -0.493 e. The maximum absolute atomic E-state index is 11.8. The fraction of sp³-hybridized carbons (Fsp3) is 0.333. The van der Waals surface area contributed by atoms with E-state index in [0.717, 1.165) is 0 Å². The molecule has 0 spiro atoms. The summed E-state index contributed by atoms with van der Waals surface area (Å²) in [6.07, 6.45) is 0.743. The van der Waals surface area contributed by atoms with Crippen molar-refractivity contribution >= 4 is 29.0 Å². The number of Topliss-reactive ketones (excluding diaryl/α,β-unsaturated/α-hetero) is 1. The molecule has 1 aromatic heterocycles. The number of carbonyl (C=O) groups excluding carboxylic acids is 2. The van der Waals surface area contributed by atoms with E-state index in [1.54, 1.807) is 18.2 Å². The van der Waals surface area contributed by atoms with Gasteiger partial charge in [0.1, 0.15) is 5.01 Å². The maximum Gasteiger partial charge on any atom is 0.355 e. The summed E-state index contributed by atoms with van der Waals surface area (Å²) >= 11 is 1.18. The Morgan fingerprint density at radius 1 is 1.26 bits per heavy atom. The van der Waals surface area contributed by atoms with Gasteiger partial charge in [-0.3, -0.25) is 9.59 Å². The van der Waals surface area contributed by atoms with Gasteiger partial charge in [0.2, 0.25) is 5.91 Å². The van der Waals surface area contributed by atoms with E-state index in [2.05, 4.69) is 10.3 Å². The second kappa shape index (κ2) is 9.67. The molecule has 0 fully saturated rings. The monoisotopic (exact) mass is 392 g/mol. The van der Waals surface area contributed by atoms with Crippen molar-refractivity contribution in [3.63, 3.8) is 0 Å². The topological polar surface area (TPSA) is 115 Å². The highest BCUT2D eigenvalue weighted by molar-refractivity contribution is 7.09. The van der Waals surface area contributed by atoms with Gasteiger partial charge in [0, 0.05) is 17.4 Å². The Balaban J connectivity index is 1.73. The maximum atomic E-state index is 11.8. The lowest BCUT2D eigenvalue weighted by Crippen LogP contribution is -2.23. The molecule has 0 radical (unpaired) electrons. The van der Waals surface area contributed by atoms with Crippen molar-refractivity contribution in [3.05, 3.63) is 39.8 Å². The summed E-state index contributed by atoms with van der Waals surface area (Å²) in [4.78, 5) is 37.9. The largest absolute Gasteiger partial charge is 0.493 e. The number of amides is 1. The van der Waals surface area contributed by atoms with Crippen molar-refractivity contribution in [3.8, 4) is 11.5 Å². The van der Waals surface area contributed by atoms with Crippen LogP contribution in [0.4, 0.5) is 0 Å². The highest BCUT2D eigenvalue weighted by atomic mass is 32.1. The smallest absolute Gasteiger partial charge is 0.355 e. The van der Waals surface area contributed by atoms with Crippen LogP contribution in [0.2, 0.25) is 0 Å². The van der Waals surface area contributed by atoms with E-state index in [1.807, 2.05) is 0 Å². The quantitative estimate of drug-likeness (QED) is 0.471. The second-order valence-electron chi connectivity index (χ2n) is 5.58. The molecule has 2 N–H and O–H groups in total. The Morgan fingerprint density at radius 3 is 2.67 bits per heavy atom. The van der Waals surface area contributed by atoms with Crippen molar-refractivity contribution in [2.45, 2.75) is 26.3 Å². The highest BCUT2D eigenvalue weighted by Gasteiger charge is 2.11. The number of carboxylic acids is 1. The summed E-state index contributed by atoms with van der Waals surface area (Å²) < 4.78 is 10.8. The number of thiazole rings is 1. The standard InChI is InChI=1S/C18H20N2O6S/c1-11(21)12-5-6-14(15(8-12)25-2)26-7-3-4-16(22)19-9-17-20-13(10-27-17)18(23)24/h5-6,8,10H,3-4,7,9H2,1-2H3,(H,19,22)(H,23,24). The Morgan fingerprint density at radius 2 is 2.04 bits per heavy atom. The van der Waals surface area contributed by atoms with Crippen LogP contribution >= 0.6 is 11.3 Å². The summed E-state index contributed by atoms with van der Waals surface area (Å²) in [6.45, 7) is 1.98. The molecule has 2 aromatic rings. The zero-order chi connectivity index (χ0) is 19.8. The van der Waals surface area contributed by atoms with Gasteiger partial charge in [-0.05, 0) is 31.5 Å². The number of ether oxygens (including phenoxy) is 2. The first-order chi connectivity index (χ1) is 12.9. The summed E-state index contributed by atoms with van der Waals surface area (Å²) in [6, 6.07) is 4.94. The summed E-state index contributed by atoms with van der Waals surface area (Å²) in [5, 5.41) is 13.5. The lowest BCUT2D eigenvalue weighted by atomic mass is 10.1. The van der Waals surface area contributed by atoms with Crippen molar-refractivity contribution in [2.24, 2.45) is 0 Å². The third-order valence-corrected chi connectivity index (χ3v) is 4.43. The van der Waals surface area contributed by atoms with E-state index in [9.17, 15) is 14.4 Å². The molecule has 0 atom stereocenters. The number of hydrogen-bond acceptors (Lipinski definition) is 7. The zero-order valence-electron chi connectivity index (χ0n) is 15.0. The fourth-order valence-electron chi connectivity index (χ4n) is 2.17. The molecule has 1 heterocycles. The molecule has 0 aliphatic carbocycles. The molecular formula is C18H20N2O6S. The Kier molecular flexibility index (Phi) is 7.30. The van der Waals surface area contributed by atoms with Gasteiger partial charge in [-0.15, -0.1) is 11.3 Å². The average Bonchev–Trinajstić information content (AvgIpc) is 3.12. The SMILES string of the molecule is COc1cc(C(C)=O)ccc1OCCCC(=O)NCc1nc(C(=O)O)cs1. The van der Waals surface area contributed by atoms with Crippen LogP contribution < -0.4 is 14.8 Å². The van der Waals surface area contributed by atoms with E-state index in [-0.39, 0.29) is 30.3 Å². The van der Waals surface area contributed by atoms with Crippen LogP contribution in [-0.2, 0) is 11.3 Å². The number of rotatable bonds is 10. The number of carbonyl (C=O) groups is 3. The van der Waals surface area contributed by atoms with E-state index in [1.165, 1.54) is 30.8 Å². The van der Waals surface area contributed by atoms with Crippen LogP contribution in [-0.4, -0.2) is 41.5 Å². The van der Waals surface area contributed by atoms with E-state index < -0.39 is 5.97 Å². The fourth-order valence-corrected chi connectivity index (χ4v) is 2.88. The molecule has 144 valence electrons. The average molecular weight is 392 g/mol. The number of aromatic carboxylic acids is 1. The molecule has 9 heteroatoms. The number of hydrogen-bond donors (Lipinski definition) is 2. The van der Waals surface area contributed by atoms with Gasteiger partial charge in [-0.2, -0.15) is 0 Å². The molecule has 0 saturated carbocycles.